The van der Waals surface area contributed by atoms with Gasteiger partial charge in [-0.1, -0.05) is 0 Å². The van der Waals surface area contributed by atoms with Crippen LogP contribution in [0.4, 0.5) is 11.4 Å². The predicted octanol–water partition coefficient (Wildman–Crippen LogP) is 2.75. The minimum absolute atomic E-state index is 0.0783. The molecular weight excluding hydrogens is 272 g/mol. The molecular formula is C14H16N4OS. The van der Waals surface area contributed by atoms with Gasteiger partial charge < -0.3 is 15.8 Å². The number of nitriles is 1. The van der Waals surface area contributed by atoms with Crippen LogP contribution in [-0.2, 0) is 4.74 Å². The van der Waals surface area contributed by atoms with Crippen LogP contribution < -0.4 is 11.1 Å². The van der Waals surface area contributed by atoms with E-state index in [9.17, 15) is 0 Å². The molecule has 3 N–H and O–H groups in total. The Balaban J connectivity index is 1.73. The lowest BCUT2D eigenvalue weighted by Gasteiger charge is -2.29. The highest BCUT2D eigenvalue weighted by Gasteiger charge is 2.22. The summed E-state index contributed by atoms with van der Waals surface area (Å²) in [5.41, 5.74) is 8.62. The van der Waals surface area contributed by atoms with Crippen LogP contribution in [0.25, 0.3) is 10.2 Å². The third-order valence-corrected chi connectivity index (χ3v) is 4.46. The van der Waals surface area contributed by atoms with Crippen molar-refractivity contribution in [1.29, 1.82) is 5.26 Å². The maximum atomic E-state index is 8.68. The van der Waals surface area contributed by atoms with Crippen molar-refractivity contribution in [2.24, 2.45) is 0 Å². The van der Waals surface area contributed by atoms with E-state index < -0.39 is 0 Å². The van der Waals surface area contributed by atoms with Crippen LogP contribution in [0, 0.1) is 11.3 Å². The number of rotatable bonds is 3. The Morgan fingerprint density at radius 1 is 1.55 bits per heavy atom. The number of fused-ring (bicyclic) bond motifs is 1. The van der Waals surface area contributed by atoms with Gasteiger partial charge in [-0.2, -0.15) is 5.26 Å². The summed E-state index contributed by atoms with van der Waals surface area (Å²) in [6, 6.07) is 4.39. The fourth-order valence-corrected chi connectivity index (χ4v) is 3.33. The fourth-order valence-electron chi connectivity index (χ4n) is 2.46. The highest BCUT2D eigenvalue weighted by molar-refractivity contribution is 7.17. The lowest BCUT2D eigenvalue weighted by atomic mass is 10.0. The van der Waals surface area contributed by atoms with E-state index >= 15 is 0 Å². The molecule has 0 aromatic carbocycles. The highest BCUT2D eigenvalue weighted by atomic mass is 32.1. The van der Waals surface area contributed by atoms with Gasteiger partial charge in [0.25, 0.3) is 0 Å². The van der Waals surface area contributed by atoms with E-state index in [0.29, 0.717) is 18.7 Å². The zero-order chi connectivity index (χ0) is 13.9. The zero-order valence-corrected chi connectivity index (χ0v) is 11.8. The molecule has 5 nitrogen and oxygen atoms in total. The molecule has 2 aromatic rings. The van der Waals surface area contributed by atoms with E-state index in [0.717, 1.165) is 28.7 Å². The average molecular weight is 288 g/mol. The molecule has 0 radical (unpaired) electrons. The molecule has 0 unspecified atom stereocenters. The van der Waals surface area contributed by atoms with Gasteiger partial charge >= 0.3 is 0 Å². The van der Waals surface area contributed by atoms with Gasteiger partial charge in [-0.25, -0.2) is 0 Å². The summed E-state index contributed by atoms with van der Waals surface area (Å²) in [5.74, 6) is 0. The van der Waals surface area contributed by atoms with Crippen molar-refractivity contribution < 1.29 is 4.74 Å². The maximum Gasteiger partial charge on any atom is 0.0832 e. The van der Waals surface area contributed by atoms with Crippen LogP contribution in [0.5, 0.6) is 0 Å². The lowest BCUT2D eigenvalue weighted by molar-refractivity contribution is 0.0127. The number of hydrogen-bond donors (Lipinski definition) is 2. The average Bonchev–Trinajstić information content (AvgIpc) is 2.93. The van der Waals surface area contributed by atoms with Gasteiger partial charge in [-0.3, -0.25) is 4.98 Å². The molecule has 104 valence electrons. The van der Waals surface area contributed by atoms with Crippen LogP contribution in [0.15, 0.2) is 17.6 Å². The van der Waals surface area contributed by atoms with Gasteiger partial charge in [0, 0.05) is 6.04 Å². The second-order valence-corrected chi connectivity index (χ2v) is 5.88. The first kappa shape index (κ1) is 13.2. The predicted molar refractivity (Wildman–Crippen MR) is 80.6 cm³/mol. The van der Waals surface area contributed by atoms with Crippen LogP contribution in [0.1, 0.15) is 19.3 Å². The summed E-state index contributed by atoms with van der Waals surface area (Å²) in [5, 5.41) is 14.2. The van der Waals surface area contributed by atoms with Gasteiger partial charge in [0.1, 0.15) is 0 Å². The Kier molecular flexibility index (Phi) is 3.72. The molecule has 0 spiro atoms. The number of thiophene rings is 1. The topological polar surface area (TPSA) is 84.0 Å². The number of anilines is 2. The molecule has 1 fully saturated rings. The molecule has 0 amide bonds. The Hall–Kier alpha value is -1.84. The first-order chi connectivity index (χ1) is 9.78. The van der Waals surface area contributed by atoms with E-state index in [2.05, 4.69) is 16.4 Å². The third kappa shape index (κ3) is 2.55. The largest absolute Gasteiger partial charge is 0.396 e. The number of pyridine rings is 1. The number of nitrogens with one attached hydrogen (secondary N) is 1. The molecule has 20 heavy (non-hydrogen) atoms. The minimum atomic E-state index is 0.0783. The standard InChI is InChI=1S/C14H16N4OS/c15-5-3-10-2-1-9(8-19-10)18-13-11(16)7-17-12-4-6-20-14(12)13/h4,6-7,9-10H,1-3,8,16H2,(H,17,18)/t9-,10+/m0/s1. The Morgan fingerprint density at radius 3 is 3.20 bits per heavy atom. The quantitative estimate of drug-likeness (QED) is 0.907. The second kappa shape index (κ2) is 5.65. The van der Waals surface area contributed by atoms with Crippen molar-refractivity contribution in [3.63, 3.8) is 0 Å². The first-order valence-electron chi connectivity index (χ1n) is 6.64. The highest BCUT2D eigenvalue weighted by Crippen LogP contribution is 2.33. The summed E-state index contributed by atoms with van der Waals surface area (Å²) < 4.78 is 6.79. The van der Waals surface area contributed by atoms with Crippen molar-refractivity contribution in [3.8, 4) is 6.07 Å². The number of nitrogen functional groups attached to an aromatic ring is 1. The van der Waals surface area contributed by atoms with Gasteiger partial charge in [0.05, 0.1) is 53.0 Å². The first-order valence-corrected chi connectivity index (χ1v) is 7.52. The second-order valence-electron chi connectivity index (χ2n) is 4.96. The zero-order valence-electron chi connectivity index (χ0n) is 11.0. The molecule has 3 heterocycles. The van der Waals surface area contributed by atoms with Crippen LogP contribution in [0.2, 0.25) is 0 Å². The van der Waals surface area contributed by atoms with Crippen molar-refractivity contribution in [2.75, 3.05) is 17.7 Å². The summed E-state index contributed by atoms with van der Waals surface area (Å²) in [4.78, 5) is 4.31. The number of ether oxygens (including phenoxy) is 1. The normalized spacial score (nSPS) is 22.6. The number of aromatic nitrogens is 1. The summed E-state index contributed by atoms with van der Waals surface area (Å²) in [6.45, 7) is 0.612. The molecule has 0 saturated carbocycles. The molecule has 2 atom stereocenters. The SMILES string of the molecule is N#CC[C@H]1CC[C@H](Nc2c(N)cnc3ccsc23)CO1. The van der Waals surface area contributed by atoms with Crippen LogP contribution >= 0.6 is 11.3 Å². The summed E-state index contributed by atoms with van der Waals surface area (Å²) in [6.07, 6.45) is 4.14. The van der Waals surface area contributed by atoms with Gasteiger partial charge in [0.2, 0.25) is 0 Å². The van der Waals surface area contributed by atoms with Crippen molar-refractivity contribution >= 4 is 32.9 Å². The van der Waals surface area contributed by atoms with Gasteiger partial charge in [-0.15, -0.1) is 11.3 Å². The number of hydrogen-bond acceptors (Lipinski definition) is 6. The van der Waals surface area contributed by atoms with E-state index in [1.54, 1.807) is 17.5 Å². The Labute approximate surface area is 121 Å². The van der Waals surface area contributed by atoms with Crippen LogP contribution in [0.3, 0.4) is 0 Å². The van der Waals surface area contributed by atoms with Crippen LogP contribution in [-0.4, -0.2) is 23.7 Å². The van der Waals surface area contributed by atoms with E-state index in [4.69, 9.17) is 15.7 Å². The molecule has 1 saturated heterocycles. The van der Waals surface area contributed by atoms with E-state index in [1.807, 2.05) is 11.4 Å². The minimum Gasteiger partial charge on any atom is -0.396 e. The molecule has 1 aliphatic heterocycles. The molecule has 0 aliphatic carbocycles. The maximum absolute atomic E-state index is 8.68. The van der Waals surface area contributed by atoms with Gasteiger partial charge in [0.15, 0.2) is 0 Å². The third-order valence-electron chi connectivity index (χ3n) is 3.54. The Bertz CT molecular complexity index is 640. The Morgan fingerprint density at radius 2 is 2.45 bits per heavy atom. The lowest BCUT2D eigenvalue weighted by Crippen LogP contribution is -2.34. The van der Waals surface area contributed by atoms with Crippen molar-refractivity contribution in [1.82, 2.24) is 4.98 Å². The monoisotopic (exact) mass is 288 g/mol. The molecule has 3 rings (SSSR count). The molecule has 2 aromatic heterocycles. The van der Waals surface area contributed by atoms with Crippen molar-refractivity contribution in [2.45, 2.75) is 31.4 Å². The van der Waals surface area contributed by atoms with E-state index in [1.165, 1.54) is 0 Å². The number of nitrogens with two attached hydrogens (primary N) is 1. The molecule has 1 aliphatic rings. The molecule has 0 bridgehead atoms. The smallest absolute Gasteiger partial charge is 0.0832 e. The van der Waals surface area contributed by atoms with E-state index in [-0.39, 0.29) is 12.1 Å². The summed E-state index contributed by atoms with van der Waals surface area (Å²) in [7, 11) is 0. The fraction of sp³-hybridized carbons (Fsp3) is 0.429. The summed E-state index contributed by atoms with van der Waals surface area (Å²) >= 11 is 1.64. The van der Waals surface area contributed by atoms with Gasteiger partial charge in [-0.05, 0) is 24.3 Å². The number of nitrogens with zero attached hydrogens (tertiary/aromatic N) is 2. The van der Waals surface area contributed by atoms with Crippen molar-refractivity contribution in [3.05, 3.63) is 17.6 Å². The molecule has 6 heteroatoms.